The molecule has 20 heavy (non-hydrogen) atoms. The normalized spacial score (nSPS) is 10.4. The van der Waals surface area contributed by atoms with Crippen molar-refractivity contribution in [1.82, 2.24) is 9.97 Å². The highest BCUT2D eigenvalue weighted by Crippen LogP contribution is 2.29. The average Bonchev–Trinajstić information content (AvgIpc) is 2.49. The van der Waals surface area contributed by atoms with Gasteiger partial charge in [-0.15, -0.1) is 0 Å². The van der Waals surface area contributed by atoms with E-state index in [9.17, 15) is 9.18 Å². The van der Waals surface area contributed by atoms with E-state index in [1.165, 1.54) is 18.2 Å². The van der Waals surface area contributed by atoms with E-state index in [1.54, 1.807) is 30.7 Å². The average molecular weight is 266 g/mol. The first kappa shape index (κ1) is 12.3. The molecule has 0 radical (unpaired) electrons. The van der Waals surface area contributed by atoms with Crippen LogP contribution in [0.15, 0.2) is 65.8 Å². The number of H-pyrrole nitrogens is 1. The van der Waals surface area contributed by atoms with Crippen molar-refractivity contribution in [3.63, 3.8) is 0 Å². The van der Waals surface area contributed by atoms with Crippen LogP contribution in [0, 0.1) is 5.82 Å². The van der Waals surface area contributed by atoms with Crippen molar-refractivity contribution < 1.29 is 4.39 Å². The van der Waals surface area contributed by atoms with E-state index in [0.29, 0.717) is 0 Å². The summed E-state index contributed by atoms with van der Waals surface area (Å²) in [7, 11) is 0. The standard InChI is InChI=1S/C16H11FN2O/c17-13-3-1-11(2-4-13)14-9-16(20)19-10-15(14)12-5-7-18-8-6-12/h1-10H,(H,19,20). The molecule has 0 amide bonds. The molecular formula is C16H11FN2O. The fraction of sp³-hybridized carbons (Fsp3) is 0. The lowest BCUT2D eigenvalue weighted by Crippen LogP contribution is -2.04. The fourth-order valence-electron chi connectivity index (χ4n) is 2.11. The Balaban J connectivity index is 2.22. The molecule has 1 aromatic carbocycles. The highest BCUT2D eigenvalue weighted by molar-refractivity contribution is 5.82. The van der Waals surface area contributed by atoms with Crippen LogP contribution in [0.3, 0.4) is 0 Å². The Hall–Kier alpha value is -2.75. The van der Waals surface area contributed by atoms with Crippen LogP contribution < -0.4 is 5.56 Å². The van der Waals surface area contributed by atoms with Crippen LogP contribution in [-0.2, 0) is 0 Å². The molecule has 3 aromatic rings. The summed E-state index contributed by atoms with van der Waals surface area (Å²) in [5.74, 6) is -0.302. The first-order chi connectivity index (χ1) is 9.74. The van der Waals surface area contributed by atoms with E-state index < -0.39 is 0 Å². The van der Waals surface area contributed by atoms with Gasteiger partial charge in [-0.2, -0.15) is 0 Å². The number of benzene rings is 1. The van der Waals surface area contributed by atoms with Crippen molar-refractivity contribution in [3.05, 3.63) is 77.2 Å². The van der Waals surface area contributed by atoms with Gasteiger partial charge in [0, 0.05) is 30.2 Å². The summed E-state index contributed by atoms with van der Waals surface area (Å²) in [6, 6.07) is 11.3. The minimum Gasteiger partial charge on any atom is -0.328 e. The third-order valence-electron chi connectivity index (χ3n) is 3.07. The summed E-state index contributed by atoms with van der Waals surface area (Å²) in [6.07, 6.45) is 5.04. The van der Waals surface area contributed by atoms with E-state index in [0.717, 1.165) is 22.3 Å². The lowest BCUT2D eigenvalue weighted by atomic mass is 9.97. The van der Waals surface area contributed by atoms with Crippen molar-refractivity contribution >= 4 is 0 Å². The number of aromatic nitrogens is 2. The number of hydrogen-bond donors (Lipinski definition) is 1. The maximum Gasteiger partial charge on any atom is 0.248 e. The molecule has 0 spiro atoms. The summed E-state index contributed by atoms with van der Waals surface area (Å²) in [5, 5.41) is 0. The first-order valence-corrected chi connectivity index (χ1v) is 6.13. The maximum atomic E-state index is 13.0. The van der Waals surface area contributed by atoms with Gasteiger partial charge in [-0.1, -0.05) is 12.1 Å². The van der Waals surface area contributed by atoms with E-state index >= 15 is 0 Å². The Labute approximate surface area is 114 Å². The molecule has 2 heterocycles. The van der Waals surface area contributed by atoms with Crippen LogP contribution in [0.5, 0.6) is 0 Å². The molecule has 0 aliphatic carbocycles. The van der Waals surface area contributed by atoms with Crippen molar-refractivity contribution in [2.24, 2.45) is 0 Å². The highest BCUT2D eigenvalue weighted by atomic mass is 19.1. The third kappa shape index (κ3) is 2.36. The molecule has 98 valence electrons. The molecule has 0 aliphatic heterocycles. The van der Waals surface area contributed by atoms with Gasteiger partial charge in [-0.05, 0) is 41.0 Å². The predicted molar refractivity (Wildman–Crippen MR) is 75.7 cm³/mol. The molecule has 0 fully saturated rings. The van der Waals surface area contributed by atoms with Gasteiger partial charge in [0.1, 0.15) is 5.82 Å². The van der Waals surface area contributed by atoms with E-state index in [-0.39, 0.29) is 11.4 Å². The van der Waals surface area contributed by atoms with Crippen LogP contribution in [0.25, 0.3) is 22.3 Å². The summed E-state index contributed by atoms with van der Waals surface area (Å²) < 4.78 is 13.0. The number of hydrogen-bond acceptors (Lipinski definition) is 2. The van der Waals surface area contributed by atoms with Crippen LogP contribution in [-0.4, -0.2) is 9.97 Å². The lowest BCUT2D eigenvalue weighted by molar-refractivity contribution is 0.628. The third-order valence-corrected chi connectivity index (χ3v) is 3.07. The number of nitrogens with one attached hydrogen (secondary N) is 1. The van der Waals surface area contributed by atoms with Gasteiger partial charge >= 0.3 is 0 Å². The molecule has 0 aliphatic rings. The second-order valence-electron chi connectivity index (χ2n) is 4.37. The largest absolute Gasteiger partial charge is 0.328 e. The summed E-state index contributed by atoms with van der Waals surface area (Å²) >= 11 is 0. The molecule has 0 bridgehead atoms. The minimum absolute atomic E-state index is 0.192. The molecular weight excluding hydrogens is 255 g/mol. The van der Waals surface area contributed by atoms with Crippen molar-refractivity contribution in [1.29, 1.82) is 0 Å². The fourth-order valence-corrected chi connectivity index (χ4v) is 2.11. The van der Waals surface area contributed by atoms with E-state index in [2.05, 4.69) is 9.97 Å². The zero-order chi connectivity index (χ0) is 13.9. The number of pyridine rings is 2. The molecule has 0 saturated heterocycles. The van der Waals surface area contributed by atoms with Gasteiger partial charge in [-0.3, -0.25) is 9.78 Å². The molecule has 3 nitrogen and oxygen atoms in total. The highest BCUT2D eigenvalue weighted by Gasteiger charge is 2.08. The molecule has 0 atom stereocenters. The second kappa shape index (κ2) is 5.09. The molecule has 3 rings (SSSR count). The lowest BCUT2D eigenvalue weighted by Gasteiger charge is -2.09. The molecule has 4 heteroatoms. The molecule has 2 aromatic heterocycles. The van der Waals surface area contributed by atoms with Gasteiger partial charge < -0.3 is 4.98 Å². The minimum atomic E-state index is -0.302. The number of aromatic amines is 1. The first-order valence-electron chi connectivity index (χ1n) is 6.13. The zero-order valence-corrected chi connectivity index (χ0v) is 10.5. The van der Waals surface area contributed by atoms with Crippen molar-refractivity contribution in [2.75, 3.05) is 0 Å². The Morgan fingerprint density at radius 1 is 0.900 bits per heavy atom. The SMILES string of the molecule is O=c1cc(-c2ccc(F)cc2)c(-c2ccncc2)c[nH]1. The van der Waals surface area contributed by atoms with Crippen LogP contribution >= 0.6 is 0 Å². The quantitative estimate of drug-likeness (QED) is 0.774. The number of nitrogens with zero attached hydrogens (tertiary/aromatic N) is 1. The molecule has 1 N–H and O–H groups in total. The van der Waals surface area contributed by atoms with Gasteiger partial charge in [-0.25, -0.2) is 4.39 Å². The Bertz CT molecular complexity index is 780. The van der Waals surface area contributed by atoms with Gasteiger partial charge in [0.25, 0.3) is 0 Å². The van der Waals surface area contributed by atoms with Crippen LogP contribution in [0.1, 0.15) is 0 Å². The van der Waals surface area contributed by atoms with Gasteiger partial charge in [0.15, 0.2) is 0 Å². The summed E-state index contributed by atoms with van der Waals surface area (Å²) in [6.45, 7) is 0. The summed E-state index contributed by atoms with van der Waals surface area (Å²) in [5.41, 5.74) is 3.18. The van der Waals surface area contributed by atoms with Gasteiger partial charge in [0.05, 0.1) is 0 Å². The van der Waals surface area contributed by atoms with E-state index in [1.807, 2.05) is 12.1 Å². The van der Waals surface area contributed by atoms with Crippen molar-refractivity contribution in [2.45, 2.75) is 0 Å². The summed E-state index contributed by atoms with van der Waals surface area (Å²) in [4.78, 5) is 18.2. The van der Waals surface area contributed by atoms with Gasteiger partial charge in [0.2, 0.25) is 5.56 Å². The predicted octanol–water partition coefficient (Wildman–Crippen LogP) is 3.24. The molecule has 0 unspecified atom stereocenters. The topological polar surface area (TPSA) is 45.8 Å². The second-order valence-corrected chi connectivity index (χ2v) is 4.37. The number of rotatable bonds is 2. The maximum absolute atomic E-state index is 13.0. The zero-order valence-electron chi connectivity index (χ0n) is 10.5. The number of halogens is 1. The Morgan fingerprint density at radius 2 is 1.55 bits per heavy atom. The van der Waals surface area contributed by atoms with Crippen molar-refractivity contribution in [3.8, 4) is 22.3 Å². The Morgan fingerprint density at radius 3 is 2.25 bits per heavy atom. The van der Waals surface area contributed by atoms with E-state index in [4.69, 9.17) is 0 Å². The van der Waals surface area contributed by atoms with Crippen LogP contribution in [0.2, 0.25) is 0 Å². The molecule has 0 saturated carbocycles. The van der Waals surface area contributed by atoms with Crippen LogP contribution in [0.4, 0.5) is 4.39 Å². The monoisotopic (exact) mass is 266 g/mol. The smallest absolute Gasteiger partial charge is 0.248 e. The Kier molecular flexibility index (Phi) is 3.13.